The number of ether oxygens (including phenoxy) is 1. The fourth-order valence-electron chi connectivity index (χ4n) is 19.6. The lowest BCUT2D eigenvalue weighted by Crippen LogP contribution is -2.37. The van der Waals surface area contributed by atoms with Crippen LogP contribution in [0, 0.1) is 44.0 Å². The summed E-state index contributed by atoms with van der Waals surface area (Å²) in [6, 6.07) is 33.1. The molecule has 5 aliphatic heterocycles. The van der Waals surface area contributed by atoms with Crippen LogP contribution in [0.25, 0.3) is 68.8 Å². The van der Waals surface area contributed by atoms with E-state index in [0.29, 0.717) is 155 Å². The number of aliphatic hydroxyl groups excluding tert-OH is 1. The molecule has 5 fully saturated rings. The van der Waals surface area contributed by atoms with Gasteiger partial charge < -0.3 is 72.5 Å². The van der Waals surface area contributed by atoms with Crippen LogP contribution in [0.15, 0.2) is 178 Å². The van der Waals surface area contributed by atoms with Crippen LogP contribution in [-0.2, 0) is 37.3 Å². The van der Waals surface area contributed by atoms with E-state index in [0.717, 1.165) is 191 Å². The molecule has 3 atom stereocenters. The summed E-state index contributed by atoms with van der Waals surface area (Å²) in [5.74, 6) is 4.44. The molecule has 0 radical (unpaired) electrons. The molecule has 4 amide bonds. The second-order valence-corrected chi connectivity index (χ2v) is 38.7. The lowest BCUT2D eigenvalue weighted by Gasteiger charge is -2.31. The zero-order valence-corrected chi connectivity index (χ0v) is 80.2. The monoisotopic (exact) mass is 1960 g/mol. The third kappa shape index (κ3) is 20.3. The Labute approximate surface area is 832 Å². The molecule has 9 aliphatic rings. The molecule has 0 spiro atoms. The van der Waals surface area contributed by atoms with Crippen molar-refractivity contribution in [3.8, 4) is 68.8 Å². The smallest absolute Gasteiger partial charge is 0.259 e. The van der Waals surface area contributed by atoms with E-state index in [1.807, 2.05) is 91.9 Å². The number of pyridine rings is 4. The highest BCUT2D eigenvalue weighted by atomic mass is 19.1. The molecule has 1 unspecified atom stereocenters. The number of carbonyl (C=O) groups excluding carboxylic acids is 4. The van der Waals surface area contributed by atoms with Gasteiger partial charge in [-0.3, -0.25) is 19.2 Å². The minimum absolute atomic E-state index is 0. The molecule has 25 rings (SSSR count). The Kier molecular flexibility index (Phi) is 26.7. The number of rotatable bonds is 21. The quantitative estimate of drug-likeness (QED) is 0.0417. The zero-order valence-electron chi connectivity index (χ0n) is 80.2. The summed E-state index contributed by atoms with van der Waals surface area (Å²) < 4.78 is 81.2. The van der Waals surface area contributed by atoms with E-state index in [-0.39, 0.29) is 35.5 Å². The molecule has 17 heterocycles. The fraction of sp³-hybridized carbons (Fsp3) is 0.355. The van der Waals surface area contributed by atoms with E-state index in [4.69, 9.17) is 4.74 Å². The summed E-state index contributed by atoms with van der Waals surface area (Å²) in [6.07, 6.45) is 34.2. The van der Waals surface area contributed by atoms with Crippen LogP contribution in [0.5, 0.6) is 0 Å². The number of halogens is 4. The van der Waals surface area contributed by atoms with Gasteiger partial charge in [0.05, 0.1) is 112 Å². The number of aromatic nitrogens is 23. The highest BCUT2D eigenvalue weighted by molar-refractivity contribution is 6.07. The van der Waals surface area contributed by atoms with Crippen LogP contribution < -0.4 is 26.2 Å². The van der Waals surface area contributed by atoms with Gasteiger partial charge in [0.2, 0.25) is 0 Å². The largest absolute Gasteiger partial charge is 0.385 e. The van der Waals surface area contributed by atoms with Crippen molar-refractivity contribution >= 4 is 52.6 Å². The molecule has 16 aromatic rings. The number of nitrogens with one attached hydrogen (secondary N) is 4. The van der Waals surface area contributed by atoms with Crippen LogP contribution in [0.2, 0.25) is 0 Å². The lowest BCUT2D eigenvalue weighted by atomic mass is 10.0. The molecule has 4 aliphatic carbocycles. The number of hydrogen-bond acceptors (Lipinski definition) is 22. The summed E-state index contributed by atoms with van der Waals surface area (Å²) in [6.45, 7) is 15.5. The Morgan fingerprint density at radius 1 is 0.359 bits per heavy atom. The number of aryl methyl sites for hydroxylation is 4. The van der Waals surface area contributed by atoms with Crippen LogP contribution in [0.4, 0.5) is 46.5 Å². The van der Waals surface area contributed by atoms with Gasteiger partial charge in [-0.2, -0.15) is 0 Å². The summed E-state index contributed by atoms with van der Waals surface area (Å²) in [5, 5.41) is 46.9. The topological polar surface area (TPSA) is 382 Å². The van der Waals surface area contributed by atoms with Gasteiger partial charge in [-0.15, -0.1) is 30.6 Å². The average molecular weight is 1960 g/mol. The van der Waals surface area contributed by atoms with E-state index in [1.165, 1.54) is 30.0 Å². The Morgan fingerprint density at radius 3 is 1.07 bits per heavy atom. The molecule has 12 aromatic heterocycles. The predicted octanol–water partition coefficient (Wildman–Crippen LogP) is 19.1. The molecule has 4 aromatic carbocycles. The standard InChI is InChI=1S/C29H30FN7O2.2C26H26FN7O.C25H24FN7O2.CH4/c30-22-15-26(35-10-12-39-13-11-35)25(36-17-24(32-18-36)19-7-8-19)14-21(22)29(38)34-27-6-3-5-23(33-27)28-31-16-20-4-1-2-9-37(20)28;2*1-15-5-4-10-34-24(15)31-32-25(34)20-6-3-7-23(29-20)30-26(35)18-12-22(16(2)11-19(18)27)33-13-21(28-14-33)17-8-9-17;1-14-10-17(26)16(11-20(14)32-12-19(27-13-32)15-7-8-15)25(35)29-22-6-2-4-18(28-22)23-30-31-24-21(34)5-3-9-33(23)24;/h3,5-6,14-19H,1-2,4,7-13H2,(H,33,34,38);2*3,6-7,11-15,17H,4-5,8-10H2,1-2H3,(H,29,30,35);2,4,6,10-13,15,21,34H,3,5,7-9H2,1H3,(H,28,29,35);1H4/t;15-;;21-;/m.1.0./s1. The average Bonchev–Trinajstić information content (AvgIpc) is 1.70. The van der Waals surface area contributed by atoms with Gasteiger partial charge in [0.15, 0.2) is 29.1 Å². The minimum Gasteiger partial charge on any atom is -0.385 e. The maximum absolute atomic E-state index is 15.5. The first-order valence-corrected chi connectivity index (χ1v) is 49.5. The molecule has 38 heteroatoms. The first-order chi connectivity index (χ1) is 70.1. The van der Waals surface area contributed by atoms with E-state index < -0.39 is 53.0 Å². The molecular weight excluding hydrogens is 1850 g/mol. The lowest BCUT2D eigenvalue weighted by molar-refractivity contribution is 0.101. The summed E-state index contributed by atoms with van der Waals surface area (Å²) in [4.78, 5) is 95.6. The van der Waals surface area contributed by atoms with Gasteiger partial charge in [-0.05, 0) is 238 Å². The molecule has 742 valence electrons. The Morgan fingerprint density at radius 2 is 0.690 bits per heavy atom. The number of imidazole rings is 5. The maximum Gasteiger partial charge on any atom is 0.259 e. The van der Waals surface area contributed by atoms with E-state index in [1.54, 1.807) is 105 Å². The SMILES string of the molecule is C.Cc1cc(F)c(C(=O)Nc2cccc(-c3nnc4n3CCCC4C)n2)cc1-n1cnc(C2CC2)c1.Cc1cc(F)c(C(=O)Nc2cccc(-c3nnc4n3CCC[C@@H]4O)n2)cc1-n1cnc(C2CC2)c1.Cc1cc(F)c(C(=O)Nc2cccc(-c3nnc4n3CCC[C@H]4C)n2)cc1-n1cnc(C2CC2)c1.O=C(Nc1cccc(-c2ncc3n2CCCC3)n1)c1cc(-n2cnc(C3CC3)c2)c(N2CCOCC2)cc1F. The van der Waals surface area contributed by atoms with Gasteiger partial charge in [0, 0.05) is 118 Å². The highest BCUT2D eigenvalue weighted by Gasteiger charge is 2.35. The van der Waals surface area contributed by atoms with E-state index in [9.17, 15) is 37.5 Å². The van der Waals surface area contributed by atoms with Crippen molar-refractivity contribution in [2.45, 2.75) is 219 Å². The molecule has 34 nitrogen and oxygen atoms in total. The molecule has 4 saturated carbocycles. The molecule has 145 heavy (non-hydrogen) atoms. The Bertz CT molecular complexity index is 7090. The molecule has 1 saturated heterocycles. The van der Waals surface area contributed by atoms with Crippen molar-refractivity contribution in [2.24, 2.45) is 0 Å². The first kappa shape index (κ1) is 95.5. The second-order valence-electron chi connectivity index (χ2n) is 38.7. The van der Waals surface area contributed by atoms with Gasteiger partial charge >= 0.3 is 0 Å². The van der Waals surface area contributed by atoms with Crippen molar-refractivity contribution in [2.75, 3.05) is 52.5 Å². The number of aliphatic hydroxyl groups is 1. The van der Waals surface area contributed by atoms with Crippen molar-refractivity contribution in [1.82, 2.24) is 112 Å². The van der Waals surface area contributed by atoms with Gasteiger partial charge in [-0.1, -0.05) is 45.5 Å². The van der Waals surface area contributed by atoms with Crippen LogP contribution in [0.1, 0.15) is 270 Å². The first-order valence-electron chi connectivity index (χ1n) is 49.5. The van der Waals surface area contributed by atoms with Crippen molar-refractivity contribution in [3.05, 3.63) is 286 Å². The number of hydrogen-bond donors (Lipinski definition) is 5. The Balaban J connectivity index is 0.000000114. The van der Waals surface area contributed by atoms with Crippen LogP contribution in [0.3, 0.4) is 0 Å². The number of anilines is 5. The number of carbonyl (C=O) groups is 4. The number of benzene rings is 4. The normalized spacial score (nSPS) is 17.1. The molecular formula is C107H110F4N28O6. The van der Waals surface area contributed by atoms with Gasteiger partial charge in [-0.25, -0.2) is 62.4 Å². The van der Waals surface area contributed by atoms with Crippen molar-refractivity contribution < 1.29 is 46.6 Å². The molecule has 5 N–H and O–H groups in total. The van der Waals surface area contributed by atoms with Crippen molar-refractivity contribution in [1.29, 1.82) is 0 Å². The fourth-order valence-corrected chi connectivity index (χ4v) is 19.6. The third-order valence-corrected chi connectivity index (χ3v) is 28.1. The number of fused-ring (bicyclic) bond motifs is 4. The van der Waals surface area contributed by atoms with Crippen LogP contribution in [-0.4, -0.2) is 167 Å². The number of nitrogens with zero attached hydrogens (tertiary/aromatic N) is 24. The van der Waals surface area contributed by atoms with Crippen molar-refractivity contribution in [3.63, 3.8) is 0 Å². The third-order valence-electron chi connectivity index (χ3n) is 28.1. The number of amides is 4. The van der Waals surface area contributed by atoms with E-state index in [2.05, 4.69) is 129 Å². The van der Waals surface area contributed by atoms with Gasteiger partial charge in [0.1, 0.15) is 87.1 Å². The maximum atomic E-state index is 15.5. The predicted molar refractivity (Wildman–Crippen MR) is 535 cm³/mol. The summed E-state index contributed by atoms with van der Waals surface area (Å²) in [5.41, 5.74) is 13.2. The summed E-state index contributed by atoms with van der Waals surface area (Å²) >= 11 is 0. The minimum atomic E-state index is -0.651. The highest BCUT2D eigenvalue weighted by Crippen LogP contribution is 2.45. The second kappa shape index (κ2) is 40.6. The van der Waals surface area contributed by atoms with Gasteiger partial charge in [0.25, 0.3) is 23.6 Å². The van der Waals surface area contributed by atoms with E-state index >= 15 is 4.39 Å². The Hall–Kier alpha value is -15.7. The molecule has 0 bridgehead atoms. The van der Waals surface area contributed by atoms with Crippen LogP contribution >= 0.6 is 0 Å². The number of morpholine rings is 1. The zero-order chi connectivity index (χ0) is 98.7. The summed E-state index contributed by atoms with van der Waals surface area (Å²) in [7, 11) is 0.